The van der Waals surface area contributed by atoms with Crippen molar-refractivity contribution in [1.29, 1.82) is 0 Å². The molecule has 0 saturated carbocycles. The van der Waals surface area contributed by atoms with Gasteiger partial charge >= 0.3 is 0 Å². The highest BCUT2D eigenvalue weighted by molar-refractivity contribution is 5.27. The van der Waals surface area contributed by atoms with Crippen LogP contribution in [0.5, 0.6) is 0 Å². The first kappa shape index (κ1) is 6.85. The molecule has 0 amide bonds. The van der Waals surface area contributed by atoms with Crippen LogP contribution in [-0.4, -0.2) is 5.16 Å². The lowest BCUT2D eigenvalue weighted by atomic mass is 9.92. The molecule has 3 nitrogen and oxygen atoms in total. The minimum atomic E-state index is 0.157. The van der Waals surface area contributed by atoms with E-state index in [-0.39, 0.29) is 6.04 Å². The van der Waals surface area contributed by atoms with Gasteiger partial charge < -0.3 is 10.3 Å². The van der Waals surface area contributed by atoms with Crippen LogP contribution in [0.1, 0.15) is 35.9 Å². The number of nitrogens with two attached hydrogens (primary N) is 1. The molecule has 1 aliphatic carbocycles. The number of rotatable bonds is 0. The molecule has 1 aliphatic rings. The van der Waals surface area contributed by atoms with Crippen LogP contribution >= 0.6 is 0 Å². The molecule has 0 aliphatic heterocycles. The SMILES string of the molecule is Cc1noc2c1C(N)CCC2. The van der Waals surface area contributed by atoms with E-state index in [1.165, 1.54) is 0 Å². The molecule has 11 heavy (non-hydrogen) atoms. The predicted octanol–water partition coefficient (Wildman–Crippen LogP) is 1.32. The predicted molar refractivity (Wildman–Crippen MR) is 41.1 cm³/mol. The summed E-state index contributed by atoms with van der Waals surface area (Å²) >= 11 is 0. The van der Waals surface area contributed by atoms with Gasteiger partial charge in [-0.1, -0.05) is 5.16 Å². The summed E-state index contributed by atoms with van der Waals surface area (Å²) in [5, 5.41) is 3.89. The molecule has 0 saturated heterocycles. The van der Waals surface area contributed by atoms with Crippen LogP contribution in [-0.2, 0) is 6.42 Å². The van der Waals surface area contributed by atoms with Crippen LogP contribution in [0.3, 0.4) is 0 Å². The summed E-state index contributed by atoms with van der Waals surface area (Å²) in [5.41, 5.74) is 8.01. The number of nitrogens with zero attached hydrogens (tertiary/aromatic N) is 1. The van der Waals surface area contributed by atoms with Gasteiger partial charge in [0.05, 0.1) is 5.69 Å². The average Bonchev–Trinajstić information content (AvgIpc) is 2.34. The highest BCUT2D eigenvalue weighted by Crippen LogP contribution is 2.29. The Bertz CT molecular complexity index is 267. The van der Waals surface area contributed by atoms with Crippen molar-refractivity contribution in [3.8, 4) is 0 Å². The number of hydrogen-bond acceptors (Lipinski definition) is 3. The third-order valence-electron chi connectivity index (χ3n) is 2.27. The average molecular weight is 152 g/mol. The van der Waals surface area contributed by atoms with Crippen LogP contribution < -0.4 is 5.73 Å². The molecule has 0 aromatic carbocycles. The van der Waals surface area contributed by atoms with E-state index in [1.807, 2.05) is 6.92 Å². The van der Waals surface area contributed by atoms with Gasteiger partial charge in [-0.3, -0.25) is 0 Å². The minimum absolute atomic E-state index is 0.157. The summed E-state index contributed by atoms with van der Waals surface area (Å²) in [5.74, 6) is 1.00. The van der Waals surface area contributed by atoms with E-state index in [0.29, 0.717) is 0 Å². The van der Waals surface area contributed by atoms with Crippen molar-refractivity contribution < 1.29 is 4.52 Å². The largest absolute Gasteiger partial charge is 0.361 e. The topological polar surface area (TPSA) is 52.0 Å². The molecule has 1 unspecified atom stereocenters. The molecule has 60 valence electrons. The number of aryl methyl sites for hydroxylation is 2. The van der Waals surface area contributed by atoms with Crippen LogP contribution in [0.25, 0.3) is 0 Å². The summed E-state index contributed by atoms with van der Waals surface area (Å²) in [6.07, 6.45) is 3.20. The zero-order chi connectivity index (χ0) is 7.84. The Morgan fingerprint density at radius 3 is 3.18 bits per heavy atom. The summed E-state index contributed by atoms with van der Waals surface area (Å²) in [4.78, 5) is 0. The third kappa shape index (κ3) is 0.959. The first-order valence-electron chi connectivity index (χ1n) is 3.99. The van der Waals surface area contributed by atoms with Crippen molar-refractivity contribution >= 4 is 0 Å². The number of hydrogen-bond donors (Lipinski definition) is 1. The van der Waals surface area contributed by atoms with Crippen molar-refractivity contribution in [2.24, 2.45) is 5.73 Å². The van der Waals surface area contributed by atoms with E-state index in [0.717, 1.165) is 36.3 Å². The molecule has 3 heteroatoms. The lowest BCUT2D eigenvalue weighted by molar-refractivity contribution is 0.363. The molecule has 1 atom stereocenters. The molecule has 2 rings (SSSR count). The number of fused-ring (bicyclic) bond motifs is 1. The standard InChI is InChI=1S/C8H12N2O/c1-5-8-6(9)3-2-4-7(8)11-10-5/h6H,2-4,9H2,1H3. The van der Waals surface area contributed by atoms with Gasteiger partial charge in [-0.15, -0.1) is 0 Å². The summed E-state index contributed by atoms with van der Waals surface area (Å²) < 4.78 is 5.13. The molecule has 0 fully saturated rings. The molecule has 0 bridgehead atoms. The van der Waals surface area contributed by atoms with Gasteiger partial charge in [0.1, 0.15) is 5.76 Å². The molecular formula is C8H12N2O. The van der Waals surface area contributed by atoms with Gasteiger partial charge in [-0.25, -0.2) is 0 Å². The first-order valence-corrected chi connectivity index (χ1v) is 3.99. The van der Waals surface area contributed by atoms with Crippen molar-refractivity contribution in [1.82, 2.24) is 5.16 Å². The summed E-state index contributed by atoms with van der Waals surface area (Å²) in [7, 11) is 0. The van der Waals surface area contributed by atoms with Gasteiger partial charge in [0.15, 0.2) is 0 Å². The van der Waals surface area contributed by atoms with Crippen LogP contribution in [0.15, 0.2) is 4.52 Å². The van der Waals surface area contributed by atoms with E-state index in [4.69, 9.17) is 10.3 Å². The normalized spacial score (nSPS) is 23.3. The van der Waals surface area contributed by atoms with Gasteiger partial charge in [-0.2, -0.15) is 0 Å². The zero-order valence-corrected chi connectivity index (χ0v) is 6.63. The summed E-state index contributed by atoms with van der Waals surface area (Å²) in [6, 6.07) is 0.157. The fourth-order valence-corrected chi connectivity index (χ4v) is 1.71. The minimum Gasteiger partial charge on any atom is -0.361 e. The van der Waals surface area contributed by atoms with Gasteiger partial charge in [0.25, 0.3) is 0 Å². The van der Waals surface area contributed by atoms with Crippen molar-refractivity contribution in [3.63, 3.8) is 0 Å². The van der Waals surface area contributed by atoms with Crippen molar-refractivity contribution in [2.45, 2.75) is 32.2 Å². The highest BCUT2D eigenvalue weighted by Gasteiger charge is 2.23. The molecule has 0 spiro atoms. The fourth-order valence-electron chi connectivity index (χ4n) is 1.71. The number of aromatic nitrogens is 1. The van der Waals surface area contributed by atoms with E-state index in [2.05, 4.69) is 5.16 Å². The molecule has 1 aromatic rings. The van der Waals surface area contributed by atoms with Gasteiger partial charge in [0, 0.05) is 18.0 Å². The molecule has 1 heterocycles. The second-order valence-corrected chi connectivity index (χ2v) is 3.10. The van der Waals surface area contributed by atoms with Crippen molar-refractivity contribution in [3.05, 3.63) is 17.0 Å². The fraction of sp³-hybridized carbons (Fsp3) is 0.625. The Morgan fingerprint density at radius 1 is 1.64 bits per heavy atom. The molecular weight excluding hydrogens is 140 g/mol. The monoisotopic (exact) mass is 152 g/mol. The second kappa shape index (κ2) is 2.34. The first-order chi connectivity index (χ1) is 5.29. The highest BCUT2D eigenvalue weighted by atomic mass is 16.5. The Morgan fingerprint density at radius 2 is 2.45 bits per heavy atom. The third-order valence-corrected chi connectivity index (χ3v) is 2.27. The van der Waals surface area contributed by atoms with Gasteiger partial charge in [0.2, 0.25) is 0 Å². The van der Waals surface area contributed by atoms with E-state index < -0.39 is 0 Å². The lowest BCUT2D eigenvalue weighted by Crippen LogP contribution is -2.16. The molecule has 0 radical (unpaired) electrons. The Balaban J connectivity index is 2.48. The summed E-state index contributed by atoms with van der Waals surface area (Å²) in [6.45, 7) is 1.95. The van der Waals surface area contributed by atoms with E-state index in [1.54, 1.807) is 0 Å². The van der Waals surface area contributed by atoms with E-state index >= 15 is 0 Å². The maximum Gasteiger partial charge on any atom is 0.141 e. The Kier molecular flexibility index (Phi) is 1.46. The zero-order valence-electron chi connectivity index (χ0n) is 6.63. The second-order valence-electron chi connectivity index (χ2n) is 3.10. The molecule has 2 N–H and O–H groups in total. The molecule has 1 aromatic heterocycles. The smallest absolute Gasteiger partial charge is 0.141 e. The van der Waals surface area contributed by atoms with E-state index in [9.17, 15) is 0 Å². The van der Waals surface area contributed by atoms with Crippen LogP contribution in [0.4, 0.5) is 0 Å². The Hall–Kier alpha value is -0.830. The van der Waals surface area contributed by atoms with Crippen LogP contribution in [0, 0.1) is 6.92 Å². The van der Waals surface area contributed by atoms with Gasteiger partial charge in [-0.05, 0) is 19.8 Å². The maximum atomic E-state index is 5.89. The maximum absolute atomic E-state index is 5.89. The van der Waals surface area contributed by atoms with Crippen LogP contribution in [0.2, 0.25) is 0 Å². The Labute approximate surface area is 65.6 Å². The lowest BCUT2D eigenvalue weighted by Gasteiger charge is -2.16. The van der Waals surface area contributed by atoms with Crippen molar-refractivity contribution in [2.75, 3.05) is 0 Å². The quantitative estimate of drug-likeness (QED) is 0.610.